The molecule has 0 aliphatic heterocycles. The quantitative estimate of drug-likeness (QED) is 0.842. The van der Waals surface area contributed by atoms with Crippen molar-refractivity contribution in [2.75, 3.05) is 5.32 Å². The average molecular weight is 278 g/mol. The molecule has 1 heterocycles. The fourth-order valence-electron chi connectivity index (χ4n) is 2.13. The third-order valence-corrected chi connectivity index (χ3v) is 3.64. The molecule has 2 aromatic rings. The number of benzene rings is 1. The van der Waals surface area contributed by atoms with Crippen LogP contribution in [0.25, 0.3) is 0 Å². The van der Waals surface area contributed by atoms with E-state index in [-0.39, 0.29) is 0 Å². The van der Waals surface area contributed by atoms with E-state index >= 15 is 0 Å². The van der Waals surface area contributed by atoms with Gasteiger partial charge in [-0.15, -0.1) is 0 Å². The van der Waals surface area contributed by atoms with Crippen LogP contribution >= 0.6 is 11.6 Å². The van der Waals surface area contributed by atoms with E-state index in [9.17, 15) is 0 Å². The molecule has 19 heavy (non-hydrogen) atoms. The van der Waals surface area contributed by atoms with Gasteiger partial charge in [0.15, 0.2) is 0 Å². The lowest BCUT2D eigenvalue weighted by molar-refractivity contribution is 0.426. The van der Waals surface area contributed by atoms with Gasteiger partial charge in [0.2, 0.25) is 0 Å². The Bertz CT molecular complexity index is 518. The van der Waals surface area contributed by atoms with Crippen LogP contribution < -0.4 is 5.32 Å². The summed E-state index contributed by atoms with van der Waals surface area (Å²) in [6.07, 6.45) is 4.27. The van der Waals surface area contributed by atoms with Crippen LogP contribution in [-0.2, 0) is 6.54 Å². The number of rotatable bonds is 6. The van der Waals surface area contributed by atoms with Gasteiger partial charge in [0.05, 0.1) is 29.0 Å². The van der Waals surface area contributed by atoms with Crippen LogP contribution in [0, 0.1) is 0 Å². The predicted molar refractivity (Wildman–Crippen MR) is 80.6 cm³/mol. The molecule has 102 valence electrons. The molecule has 0 aliphatic carbocycles. The van der Waals surface area contributed by atoms with Gasteiger partial charge in [-0.05, 0) is 31.0 Å². The first-order valence-electron chi connectivity index (χ1n) is 6.77. The van der Waals surface area contributed by atoms with Gasteiger partial charge in [-0.25, -0.2) is 0 Å². The maximum Gasteiger partial charge on any atom is 0.0815 e. The number of anilines is 1. The van der Waals surface area contributed by atoms with E-state index in [1.165, 1.54) is 0 Å². The Morgan fingerprint density at radius 1 is 1.21 bits per heavy atom. The van der Waals surface area contributed by atoms with Gasteiger partial charge >= 0.3 is 0 Å². The number of nitrogens with zero attached hydrogens (tertiary/aromatic N) is 2. The van der Waals surface area contributed by atoms with Crippen LogP contribution in [0.5, 0.6) is 0 Å². The molecule has 0 unspecified atom stereocenters. The standard InChI is InChI=1S/C15H20ClN3/c1-3-13(4-2)19-10-9-12(18-19)11-17-15-8-6-5-7-14(15)16/h5-10,13,17H,3-4,11H2,1-2H3. The first-order valence-corrected chi connectivity index (χ1v) is 7.14. The largest absolute Gasteiger partial charge is 0.378 e. The zero-order chi connectivity index (χ0) is 13.7. The summed E-state index contributed by atoms with van der Waals surface area (Å²) in [6.45, 7) is 5.08. The Morgan fingerprint density at radius 3 is 2.63 bits per heavy atom. The van der Waals surface area contributed by atoms with Crippen LogP contribution in [0.4, 0.5) is 5.69 Å². The van der Waals surface area contributed by atoms with Gasteiger partial charge in [-0.2, -0.15) is 5.10 Å². The molecule has 0 saturated carbocycles. The van der Waals surface area contributed by atoms with Gasteiger partial charge in [0.1, 0.15) is 0 Å². The second kappa shape index (κ2) is 6.62. The summed E-state index contributed by atoms with van der Waals surface area (Å²) in [5.41, 5.74) is 1.98. The van der Waals surface area contributed by atoms with E-state index in [0.29, 0.717) is 12.6 Å². The first kappa shape index (κ1) is 13.9. The molecule has 1 N–H and O–H groups in total. The van der Waals surface area contributed by atoms with Crippen LogP contribution in [0.1, 0.15) is 38.4 Å². The van der Waals surface area contributed by atoms with Crippen molar-refractivity contribution in [1.29, 1.82) is 0 Å². The van der Waals surface area contributed by atoms with E-state index in [1.54, 1.807) is 0 Å². The molecule has 0 atom stereocenters. The fourth-order valence-corrected chi connectivity index (χ4v) is 2.33. The SMILES string of the molecule is CCC(CC)n1ccc(CNc2ccccc2Cl)n1. The fraction of sp³-hybridized carbons (Fsp3) is 0.400. The lowest BCUT2D eigenvalue weighted by atomic mass is 10.2. The summed E-state index contributed by atoms with van der Waals surface area (Å²) in [5, 5.41) is 8.66. The molecular formula is C15H20ClN3. The summed E-state index contributed by atoms with van der Waals surface area (Å²) in [5.74, 6) is 0. The second-order valence-electron chi connectivity index (χ2n) is 4.59. The number of para-hydroxylation sites is 1. The topological polar surface area (TPSA) is 29.9 Å². The minimum Gasteiger partial charge on any atom is -0.378 e. The molecular weight excluding hydrogens is 258 g/mol. The Morgan fingerprint density at radius 2 is 1.95 bits per heavy atom. The lowest BCUT2D eigenvalue weighted by Crippen LogP contribution is -2.09. The molecule has 3 nitrogen and oxygen atoms in total. The van der Waals surface area contributed by atoms with Gasteiger partial charge in [-0.3, -0.25) is 4.68 Å². The van der Waals surface area contributed by atoms with Crippen molar-refractivity contribution in [3.05, 3.63) is 47.2 Å². The third-order valence-electron chi connectivity index (χ3n) is 3.31. The molecule has 0 saturated heterocycles. The zero-order valence-electron chi connectivity index (χ0n) is 11.4. The number of hydrogen-bond donors (Lipinski definition) is 1. The summed E-state index contributed by atoms with van der Waals surface area (Å²) < 4.78 is 2.06. The van der Waals surface area contributed by atoms with E-state index < -0.39 is 0 Å². The van der Waals surface area contributed by atoms with Gasteiger partial charge in [0, 0.05) is 6.20 Å². The van der Waals surface area contributed by atoms with Crippen molar-refractivity contribution in [2.24, 2.45) is 0 Å². The minimum atomic E-state index is 0.495. The normalized spacial score (nSPS) is 10.9. The summed E-state index contributed by atoms with van der Waals surface area (Å²) >= 11 is 6.10. The van der Waals surface area contributed by atoms with Gasteiger partial charge in [0.25, 0.3) is 0 Å². The average Bonchev–Trinajstić information content (AvgIpc) is 2.88. The summed E-state index contributed by atoms with van der Waals surface area (Å²) in [6, 6.07) is 10.3. The molecule has 2 rings (SSSR count). The van der Waals surface area contributed by atoms with E-state index in [2.05, 4.69) is 41.2 Å². The predicted octanol–water partition coefficient (Wildman–Crippen LogP) is 4.51. The number of halogens is 1. The lowest BCUT2D eigenvalue weighted by Gasteiger charge is -2.12. The molecule has 0 fully saturated rings. The van der Waals surface area contributed by atoms with Crippen LogP contribution in [-0.4, -0.2) is 9.78 Å². The molecule has 0 bridgehead atoms. The van der Waals surface area contributed by atoms with Gasteiger partial charge in [-0.1, -0.05) is 37.6 Å². The third kappa shape index (κ3) is 3.51. The number of nitrogens with one attached hydrogen (secondary N) is 1. The highest BCUT2D eigenvalue weighted by Gasteiger charge is 2.08. The van der Waals surface area contributed by atoms with E-state index in [1.807, 2.05) is 24.3 Å². The van der Waals surface area contributed by atoms with E-state index in [4.69, 9.17) is 11.6 Å². The maximum absolute atomic E-state index is 6.10. The first-order chi connectivity index (χ1) is 9.24. The smallest absolute Gasteiger partial charge is 0.0815 e. The van der Waals surface area contributed by atoms with E-state index in [0.717, 1.165) is 29.2 Å². The summed E-state index contributed by atoms with van der Waals surface area (Å²) in [4.78, 5) is 0. The monoisotopic (exact) mass is 277 g/mol. The maximum atomic E-state index is 6.10. The highest BCUT2D eigenvalue weighted by atomic mass is 35.5. The molecule has 0 radical (unpaired) electrons. The highest BCUT2D eigenvalue weighted by molar-refractivity contribution is 6.33. The Hall–Kier alpha value is -1.48. The van der Waals surface area contributed by atoms with Crippen molar-refractivity contribution in [2.45, 2.75) is 39.3 Å². The molecule has 1 aromatic carbocycles. The molecule has 4 heteroatoms. The highest BCUT2D eigenvalue weighted by Crippen LogP contribution is 2.21. The Kier molecular flexibility index (Phi) is 4.86. The van der Waals surface area contributed by atoms with Crippen molar-refractivity contribution < 1.29 is 0 Å². The summed E-state index contributed by atoms with van der Waals surface area (Å²) in [7, 11) is 0. The second-order valence-corrected chi connectivity index (χ2v) is 5.00. The molecule has 1 aromatic heterocycles. The number of hydrogen-bond acceptors (Lipinski definition) is 2. The van der Waals surface area contributed by atoms with Crippen molar-refractivity contribution in [3.63, 3.8) is 0 Å². The van der Waals surface area contributed by atoms with Crippen LogP contribution in [0.15, 0.2) is 36.5 Å². The minimum absolute atomic E-state index is 0.495. The molecule has 0 aliphatic rings. The van der Waals surface area contributed by atoms with Crippen LogP contribution in [0.3, 0.4) is 0 Å². The zero-order valence-corrected chi connectivity index (χ0v) is 12.2. The van der Waals surface area contributed by atoms with Crippen molar-refractivity contribution >= 4 is 17.3 Å². The van der Waals surface area contributed by atoms with Crippen LogP contribution in [0.2, 0.25) is 5.02 Å². The molecule has 0 spiro atoms. The van der Waals surface area contributed by atoms with Crippen molar-refractivity contribution in [1.82, 2.24) is 9.78 Å². The number of aromatic nitrogens is 2. The Labute approximate surface area is 119 Å². The Balaban J connectivity index is 1.99. The van der Waals surface area contributed by atoms with Crippen molar-refractivity contribution in [3.8, 4) is 0 Å². The van der Waals surface area contributed by atoms with Gasteiger partial charge < -0.3 is 5.32 Å². The molecule has 0 amide bonds.